The van der Waals surface area contributed by atoms with Gasteiger partial charge in [-0.1, -0.05) is 18.2 Å². The Kier molecular flexibility index (Phi) is 6.72. The highest BCUT2D eigenvalue weighted by molar-refractivity contribution is 6.10. The summed E-state index contributed by atoms with van der Waals surface area (Å²) in [7, 11) is 4.08. The minimum atomic E-state index is -0.673. The van der Waals surface area contributed by atoms with Gasteiger partial charge in [0.1, 0.15) is 0 Å². The number of fused-ring (bicyclic) bond motifs is 1. The van der Waals surface area contributed by atoms with Gasteiger partial charge in [-0.05, 0) is 31.0 Å². The number of methoxy groups -OCH3 is 3. The lowest BCUT2D eigenvalue weighted by Gasteiger charge is -2.38. The number of ether oxygens (including phenoxy) is 3. The van der Waals surface area contributed by atoms with Gasteiger partial charge in [0.05, 0.1) is 50.1 Å². The topological polar surface area (TPSA) is 123 Å². The summed E-state index contributed by atoms with van der Waals surface area (Å²) in [6.07, 6.45) is 4.82. The van der Waals surface area contributed by atoms with Crippen LogP contribution in [0.5, 0.6) is 11.5 Å². The number of allylic oxidation sites excluding steroid dienone is 2. The molecule has 182 valence electrons. The lowest BCUT2D eigenvalue weighted by atomic mass is 9.80. The van der Waals surface area contributed by atoms with E-state index in [0.29, 0.717) is 30.0 Å². The molecule has 2 N–H and O–H groups in total. The van der Waals surface area contributed by atoms with Crippen molar-refractivity contribution in [3.05, 3.63) is 59.7 Å². The zero-order valence-electron chi connectivity index (χ0n) is 19.5. The molecule has 2 aromatic rings. The fraction of sp³-hybridized carbons (Fsp3) is 0.280. The second kappa shape index (κ2) is 9.88. The number of carbonyl (C=O) groups is 4. The number of nitrogens with zero attached hydrogens (tertiary/aromatic N) is 1. The summed E-state index contributed by atoms with van der Waals surface area (Å²) in [5.74, 6) is -1.92. The first-order valence-electron chi connectivity index (χ1n) is 10.9. The molecule has 0 aromatic heterocycles. The van der Waals surface area contributed by atoms with Crippen molar-refractivity contribution < 1.29 is 33.4 Å². The first kappa shape index (κ1) is 23.8. The fourth-order valence-corrected chi connectivity index (χ4v) is 4.22. The van der Waals surface area contributed by atoms with E-state index in [1.165, 1.54) is 44.5 Å². The van der Waals surface area contributed by atoms with Gasteiger partial charge in [0.2, 0.25) is 11.8 Å². The van der Waals surface area contributed by atoms with Crippen molar-refractivity contribution in [2.45, 2.75) is 12.8 Å². The Balaban J connectivity index is 1.62. The van der Waals surface area contributed by atoms with Crippen LogP contribution in [0.4, 0.5) is 11.4 Å². The molecule has 0 spiro atoms. The zero-order valence-corrected chi connectivity index (χ0v) is 19.5. The lowest BCUT2D eigenvalue weighted by Crippen LogP contribution is -2.59. The van der Waals surface area contributed by atoms with Crippen LogP contribution in [0.25, 0.3) is 0 Å². The molecule has 2 atom stereocenters. The van der Waals surface area contributed by atoms with Gasteiger partial charge in [0, 0.05) is 17.7 Å². The van der Waals surface area contributed by atoms with Crippen LogP contribution in [0.3, 0.4) is 0 Å². The highest BCUT2D eigenvalue weighted by Gasteiger charge is 2.42. The van der Waals surface area contributed by atoms with E-state index < -0.39 is 23.7 Å². The first-order chi connectivity index (χ1) is 16.9. The van der Waals surface area contributed by atoms with Crippen molar-refractivity contribution >= 4 is 35.1 Å². The van der Waals surface area contributed by atoms with Gasteiger partial charge in [0.15, 0.2) is 11.5 Å². The number of hydrogen-bond acceptors (Lipinski definition) is 7. The number of hydrogen-bond donors (Lipinski definition) is 2. The number of anilines is 2. The number of hydrazine groups is 1. The van der Waals surface area contributed by atoms with Crippen LogP contribution in [0.15, 0.2) is 48.6 Å². The third-order valence-corrected chi connectivity index (χ3v) is 6.07. The molecule has 4 rings (SSSR count). The summed E-state index contributed by atoms with van der Waals surface area (Å²) >= 11 is 0. The molecule has 0 radical (unpaired) electrons. The van der Waals surface area contributed by atoms with Gasteiger partial charge in [-0.15, -0.1) is 0 Å². The van der Waals surface area contributed by atoms with Crippen LogP contribution in [-0.2, 0) is 14.3 Å². The highest BCUT2D eigenvalue weighted by Crippen LogP contribution is 2.35. The Bertz CT molecular complexity index is 1220. The lowest BCUT2D eigenvalue weighted by molar-refractivity contribution is -0.139. The Morgan fingerprint density at radius 2 is 1.66 bits per heavy atom. The van der Waals surface area contributed by atoms with Gasteiger partial charge >= 0.3 is 5.97 Å². The van der Waals surface area contributed by atoms with Crippen LogP contribution in [0, 0.1) is 11.8 Å². The number of rotatable bonds is 6. The van der Waals surface area contributed by atoms with E-state index in [1.807, 2.05) is 12.2 Å². The fourth-order valence-electron chi connectivity index (χ4n) is 4.22. The molecule has 2 aliphatic rings. The van der Waals surface area contributed by atoms with E-state index in [0.717, 1.165) is 0 Å². The Hall–Kier alpha value is -4.34. The molecular formula is C25H25N3O7. The SMILES string of the molecule is COC(=O)c1cc(OC)c(OC)cc1NC(=O)c1cccc(N2NC(=O)[C@H]3CC=CC[C@H]3C2=O)c1. The summed E-state index contributed by atoms with van der Waals surface area (Å²) in [4.78, 5) is 51.0. The summed E-state index contributed by atoms with van der Waals surface area (Å²) < 4.78 is 15.3. The maximum atomic E-state index is 13.1. The third-order valence-electron chi connectivity index (χ3n) is 6.07. The predicted octanol–water partition coefficient (Wildman–Crippen LogP) is 2.70. The average molecular weight is 479 g/mol. The van der Waals surface area contributed by atoms with Gasteiger partial charge in [0.25, 0.3) is 5.91 Å². The second-order valence-corrected chi connectivity index (χ2v) is 8.05. The maximum Gasteiger partial charge on any atom is 0.340 e. The smallest absolute Gasteiger partial charge is 0.340 e. The molecule has 35 heavy (non-hydrogen) atoms. The van der Waals surface area contributed by atoms with Gasteiger partial charge in [-0.2, -0.15) is 0 Å². The number of carbonyl (C=O) groups excluding carboxylic acids is 4. The highest BCUT2D eigenvalue weighted by atomic mass is 16.5. The largest absolute Gasteiger partial charge is 0.493 e. The van der Waals surface area contributed by atoms with E-state index in [2.05, 4.69) is 10.7 Å². The molecule has 1 heterocycles. The van der Waals surface area contributed by atoms with Crippen LogP contribution < -0.4 is 25.2 Å². The molecule has 2 aromatic carbocycles. The number of nitrogens with one attached hydrogen (secondary N) is 2. The van der Waals surface area contributed by atoms with Gasteiger partial charge in [-0.3, -0.25) is 19.8 Å². The van der Waals surface area contributed by atoms with Crippen molar-refractivity contribution in [3.8, 4) is 11.5 Å². The van der Waals surface area contributed by atoms with Crippen molar-refractivity contribution in [1.29, 1.82) is 0 Å². The molecule has 0 unspecified atom stereocenters. The molecular weight excluding hydrogens is 454 g/mol. The van der Waals surface area contributed by atoms with Crippen LogP contribution in [0.1, 0.15) is 33.6 Å². The first-order valence-corrected chi connectivity index (χ1v) is 10.9. The van der Waals surface area contributed by atoms with E-state index in [9.17, 15) is 19.2 Å². The molecule has 1 aliphatic heterocycles. The van der Waals surface area contributed by atoms with Crippen molar-refractivity contribution in [2.75, 3.05) is 31.7 Å². The summed E-state index contributed by atoms with van der Waals surface area (Å²) in [5, 5.41) is 3.88. The van der Waals surface area contributed by atoms with Gasteiger partial charge < -0.3 is 19.5 Å². The molecule has 10 nitrogen and oxygen atoms in total. The van der Waals surface area contributed by atoms with Crippen molar-refractivity contribution in [2.24, 2.45) is 11.8 Å². The van der Waals surface area contributed by atoms with Crippen LogP contribution in [-0.4, -0.2) is 45.0 Å². The quantitative estimate of drug-likeness (QED) is 0.482. The van der Waals surface area contributed by atoms with E-state index in [1.54, 1.807) is 18.2 Å². The summed E-state index contributed by atoms with van der Waals surface area (Å²) in [5.41, 5.74) is 3.44. The van der Waals surface area contributed by atoms with E-state index in [4.69, 9.17) is 14.2 Å². The van der Waals surface area contributed by atoms with Crippen LogP contribution >= 0.6 is 0 Å². The Morgan fingerprint density at radius 1 is 0.971 bits per heavy atom. The minimum absolute atomic E-state index is 0.0736. The Labute approximate surface area is 201 Å². The summed E-state index contributed by atoms with van der Waals surface area (Å²) in [6.45, 7) is 0. The van der Waals surface area contributed by atoms with Crippen molar-refractivity contribution in [1.82, 2.24) is 5.43 Å². The van der Waals surface area contributed by atoms with Crippen LogP contribution in [0.2, 0.25) is 0 Å². The number of amides is 3. The second-order valence-electron chi connectivity index (χ2n) is 8.05. The normalized spacial score (nSPS) is 18.9. The zero-order chi connectivity index (χ0) is 25.1. The molecule has 0 bridgehead atoms. The number of esters is 1. The molecule has 1 saturated heterocycles. The van der Waals surface area contributed by atoms with Crippen molar-refractivity contribution in [3.63, 3.8) is 0 Å². The van der Waals surface area contributed by atoms with E-state index >= 15 is 0 Å². The molecule has 10 heteroatoms. The van der Waals surface area contributed by atoms with Gasteiger partial charge in [-0.25, -0.2) is 9.80 Å². The molecule has 1 aliphatic carbocycles. The standard InChI is InChI=1S/C25H25N3O7/c1-33-20-12-18(25(32)35-3)19(13-21(20)34-2)26-22(29)14-7-6-8-15(11-14)28-24(31)17-10-5-4-9-16(17)23(30)27-28/h4-8,11-13,16-17H,9-10H2,1-3H3,(H,26,29)(H,27,30)/t16-,17+/m0/s1. The Morgan fingerprint density at radius 3 is 2.34 bits per heavy atom. The third kappa shape index (κ3) is 4.54. The molecule has 0 saturated carbocycles. The predicted molar refractivity (Wildman–Crippen MR) is 126 cm³/mol. The average Bonchev–Trinajstić information content (AvgIpc) is 2.90. The van der Waals surface area contributed by atoms with E-state index in [-0.39, 0.29) is 28.6 Å². The summed E-state index contributed by atoms with van der Waals surface area (Å²) in [6, 6.07) is 9.15. The molecule has 3 amide bonds. The molecule has 1 fully saturated rings. The number of benzene rings is 2. The minimum Gasteiger partial charge on any atom is -0.493 e. The monoisotopic (exact) mass is 479 g/mol. The maximum absolute atomic E-state index is 13.1.